The van der Waals surface area contributed by atoms with Crippen LogP contribution in [0.15, 0.2) is 6.07 Å². The summed E-state index contributed by atoms with van der Waals surface area (Å²) in [6.07, 6.45) is 3.71. The highest BCUT2D eigenvalue weighted by Gasteiger charge is 2.27. The normalized spacial score (nSPS) is 13.9. The fourth-order valence-electron chi connectivity index (χ4n) is 1.82. The highest BCUT2D eigenvalue weighted by molar-refractivity contribution is 5.69. The van der Waals surface area contributed by atoms with Crippen molar-refractivity contribution in [3.05, 3.63) is 11.9 Å². The van der Waals surface area contributed by atoms with Gasteiger partial charge in [-0.15, -0.1) is 0 Å². The Balaban J connectivity index is 1.98. The molecule has 20 heavy (non-hydrogen) atoms. The van der Waals surface area contributed by atoms with Crippen molar-refractivity contribution >= 4 is 17.6 Å². The third-order valence-electron chi connectivity index (χ3n) is 3.10. The van der Waals surface area contributed by atoms with E-state index in [2.05, 4.69) is 32.3 Å². The van der Waals surface area contributed by atoms with Gasteiger partial charge in [-0.25, -0.2) is 9.97 Å². The van der Waals surface area contributed by atoms with Gasteiger partial charge in [0.1, 0.15) is 17.5 Å². The quantitative estimate of drug-likeness (QED) is 0.710. The monoisotopic (exact) mass is 278 g/mol. The molecule has 6 nitrogen and oxygen atoms in total. The summed E-state index contributed by atoms with van der Waals surface area (Å²) in [6, 6.07) is 1.89. The number of aromatic nitrogens is 2. The van der Waals surface area contributed by atoms with E-state index in [9.17, 15) is 4.79 Å². The predicted molar refractivity (Wildman–Crippen MR) is 77.9 cm³/mol. The van der Waals surface area contributed by atoms with Crippen LogP contribution in [0.5, 0.6) is 0 Å². The first-order valence-electron chi connectivity index (χ1n) is 7.16. The van der Waals surface area contributed by atoms with Gasteiger partial charge >= 0.3 is 5.97 Å². The number of hydrogen-bond donors (Lipinski definition) is 2. The van der Waals surface area contributed by atoms with Crippen molar-refractivity contribution in [2.24, 2.45) is 0 Å². The third kappa shape index (κ3) is 4.36. The van der Waals surface area contributed by atoms with Crippen molar-refractivity contribution in [2.45, 2.75) is 38.5 Å². The Morgan fingerprint density at radius 2 is 1.95 bits per heavy atom. The van der Waals surface area contributed by atoms with E-state index in [-0.39, 0.29) is 5.97 Å². The van der Waals surface area contributed by atoms with Gasteiger partial charge in [0.15, 0.2) is 0 Å². The number of carbonyl (C=O) groups excluding carboxylic acids is 1. The summed E-state index contributed by atoms with van der Waals surface area (Å²) in [5.74, 6) is 2.79. The highest BCUT2D eigenvalue weighted by Crippen LogP contribution is 2.38. The van der Waals surface area contributed by atoms with Crippen LogP contribution in [-0.2, 0) is 9.53 Å². The minimum Gasteiger partial charge on any atom is -0.469 e. The highest BCUT2D eigenvalue weighted by atomic mass is 16.5. The first-order valence-corrected chi connectivity index (χ1v) is 7.16. The van der Waals surface area contributed by atoms with E-state index in [0.29, 0.717) is 18.9 Å². The Bertz CT molecular complexity index is 460. The summed E-state index contributed by atoms with van der Waals surface area (Å²) in [5.41, 5.74) is 0. The van der Waals surface area contributed by atoms with Gasteiger partial charge in [-0.3, -0.25) is 4.79 Å². The predicted octanol–water partition coefficient (Wildman–Crippen LogP) is 2.15. The number of carbonyl (C=O) groups is 1. The van der Waals surface area contributed by atoms with Gasteiger partial charge in [0.2, 0.25) is 0 Å². The molecule has 110 valence electrons. The van der Waals surface area contributed by atoms with Crippen molar-refractivity contribution in [1.82, 2.24) is 9.97 Å². The zero-order valence-electron chi connectivity index (χ0n) is 12.1. The second-order valence-electron chi connectivity index (χ2n) is 4.95. The largest absolute Gasteiger partial charge is 0.469 e. The van der Waals surface area contributed by atoms with Crippen molar-refractivity contribution in [3.63, 3.8) is 0 Å². The first-order chi connectivity index (χ1) is 9.72. The molecule has 0 amide bonds. The van der Waals surface area contributed by atoms with E-state index in [1.165, 1.54) is 20.0 Å². The lowest BCUT2D eigenvalue weighted by molar-refractivity contribution is -0.140. The Morgan fingerprint density at radius 3 is 2.50 bits per heavy atom. The molecule has 1 heterocycles. The Hall–Kier alpha value is -1.85. The summed E-state index contributed by atoms with van der Waals surface area (Å²) in [5, 5.41) is 6.44. The molecule has 2 rings (SSSR count). The van der Waals surface area contributed by atoms with Crippen LogP contribution < -0.4 is 10.6 Å². The van der Waals surface area contributed by atoms with Gasteiger partial charge < -0.3 is 15.4 Å². The van der Waals surface area contributed by atoms with Crippen LogP contribution >= 0.6 is 0 Å². The molecule has 1 aliphatic carbocycles. The maximum atomic E-state index is 11.1. The molecule has 6 heteroatoms. The summed E-state index contributed by atoms with van der Waals surface area (Å²) < 4.78 is 4.61. The zero-order valence-corrected chi connectivity index (χ0v) is 12.1. The number of nitrogens with one attached hydrogen (secondary N) is 2. The molecule has 0 bridgehead atoms. The summed E-state index contributed by atoms with van der Waals surface area (Å²) >= 11 is 0. The van der Waals surface area contributed by atoms with Crippen molar-refractivity contribution in [3.8, 4) is 0 Å². The van der Waals surface area contributed by atoms with Crippen molar-refractivity contribution in [2.75, 3.05) is 30.8 Å². The van der Waals surface area contributed by atoms with Gasteiger partial charge in [-0.05, 0) is 19.3 Å². The lowest BCUT2D eigenvalue weighted by Gasteiger charge is -2.10. The Kier molecular flexibility index (Phi) is 5.15. The molecule has 0 atom stereocenters. The van der Waals surface area contributed by atoms with Crippen LogP contribution in [0.25, 0.3) is 0 Å². The van der Waals surface area contributed by atoms with Crippen LogP contribution in [0.4, 0.5) is 11.6 Å². The topological polar surface area (TPSA) is 76.1 Å². The second kappa shape index (κ2) is 7.07. The van der Waals surface area contributed by atoms with E-state index in [1.807, 2.05) is 6.07 Å². The zero-order chi connectivity index (χ0) is 14.4. The molecule has 1 fully saturated rings. The number of hydrogen-bond acceptors (Lipinski definition) is 6. The summed E-state index contributed by atoms with van der Waals surface area (Å²) in [4.78, 5) is 20.1. The second-order valence-corrected chi connectivity index (χ2v) is 4.95. The maximum Gasteiger partial charge on any atom is 0.307 e. The van der Waals surface area contributed by atoms with Crippen molar-refractivity contribution in [1.29, 1.82) is 0 Å². The standard InChI is InChI=1S/C14H22N4O2/c1-3-7-15-11-9-12(16-8-6-13(19)20-2)18-14(17-11)10-4-5-10/h9-10H,3-8H2,1-2H3,(H2,15,16,17,18). The van der Waals surface area contributed by atoms with Crippen LogP contribution in [0.3, 0.4) is 0 Å². The number of nitrogens with zero attached hydrogens (tertiary/aromatic N) is 2. The molecule has 0 aliphatic heterocycles. The molecule has 1 aromatic rings. The molecule has 0 spiro atoms. The molecule has 0 saturated heterocycles. The Morgan fingerprint density at radius 1 is 1.30 bits per heavy atom. The van der Waals surface area contributed by atoms with Crippen LogP contribution in [0.1, 0.15) is 44.3 Å². The number of anilines is 2. The fraction of sp³-hybridized carbons (Fsp3) is 0.643. The molecule has 0 aromatic carbocycles. The average molecular weight is 278 g/mol. The third-order valence-corrected chi connectivity index (χ3v) is 3.10. The average Bonchev–Trinajstić information content (AvgIpc) is 3.29. The van der Waals surface area contributed by atoms with Gasteiger partial charge in [0, 0.05) is 25.1 Å². The number of esters is 1. The molecule has 0 radical (unpaired) electrons. The summed E-state index contributed by atoms with van der Waals surface area (Å²) in [6.45, 7) is 3.52. The molecule has 1 saturated carbocycles. The Labute approximate surface area is 119 Å². The number of ether oxygens (including phenoxy) is 1. The minimum atomic E-state index is -0.224. The van der Waals surface area contributed by atoms with Crippen LogP contribution in [0.2, 0.25) is 0 Å². The lowest BCUT2D eigenvalue weighted by atomic mass is 10.3. The van der Waals surface area contributed by atoms with E-state index < -0.39 is 0 Å². The summed E-state index contributed by atoms with van der Waals surface area (Å²) in [7, 11) is 1.39. The smallest absolute Gasteiger partial charge is 0.307 e. The molecule has 1 aliphatic rings. The van der Waals surface area contributed by atoms with Crippen LogP contribution in [0, 0.1) is 0 Å². The molecule has 0 unspecified atom stereocenters. The maximum absolute atomic E-state index is 11.1. The number of methoxy groups -OCH3 is 1. The molecular weight excluding hydrogens is 256 g/mol. The SMILES string of the molecule is CCCNc1cc(NCCC(=O)OC)nc(C2CC2)n1. The van der Waals surface area contributed by atoms with Crippen LogP contribution in [-0.4, -0.2) is 36.1 Å². The number of rotatable bonds is 8. The van der Waals surface area contributed by atoms with Gasteiger partial charge in [-0.2, -0.15) is 0 Å². The van der Waals surface area contributed by atoms with Gasteiger partial charge in [0.25, 0.3) is 0 Å². The van der Waals surface area contributed by atoms with Gasteiger partial charge in [0.05, 0.1) is 13.5 Å². The van der Waals surface area contributed by atoms with E-state index in [1.54, 1.807) is 0 Å². The van der Waals surface area contributed by atoms with Crippen molar-refractivity contribution < 1.29 is 9.53 Å². The molecule has 1 aromatic heterocycles. The fourth-order valence-corrected chi connectivity index (χ4v) is 1.82. The minimum absolute atomic E-state index is 0.224. The van der Waals surface area contributed by atoms with E-state index >= 15 is 0 Å². The molecular formula is C14H22N4O2. The lowest BCUT2D eigenvalue weighted by Crippen LogP contribution is -2.12. The van der Waals surface area contributed by atoms with Gasteiger partial charge in [-0.1, -0.05) is 6.92 Å². The van der Waals surface area contributed by atoms with E-state index in [4.69, 9.17) is 0 Å². The molecule has 2 N–H and O–H groups in total. The first kappa shape index (κ1) is 14.6. The van der Waals surface area contributed by atoms with E-state index in [0.717, 1.165) is 30.4 Å².